The SMILES string of the molecule is CCNCOS(=O)[O-]. The first-order valence-corrected chi connectivity index (χ1v) is 3.20. The number of nitrogens with one attached hydrogen (secondary N) is 1. The molecule has 1 atom stereocenters. The van der Waals surface area contributed by atoms with E-state index in [1.54, 1.807) is 0 Å². The predicted octanol–water partition coefficient (Wildman–Crippen LogP) is -0.636. The zero-order valence-corrected chi connectivity index (χ0v) is 5.36. The maximum absolute atomic E-state index is 9.61. The molecule has 0 aromatic heterocycles. The van der Waals surface area contributed by atoms with E-state index in [1.165, 1.54) is 0 Å². The van der Waals surface area contributed by atoms with Crippen molar-refractivity contribution in [1.29, 1.82) is 0 Å². The molecule has 0 amide bonds. The highest BCUT2D eigenvalue weighted by molar-refractivity contribution is 7.74. The van der Waals surface area contributed by atoms with Crippen molar-refractivity contribution >= 4 is 11.4 Å². The molecule has 0 rings (SSSR count). The van der Waals surface area contributed by atoms with Gasteiger partial charge in [-0.25, -0.2) is 4.21 Å². The highest BCUT2D eigenvalue weighted by Crippen LogP contribution is 1.72. The van der Waals surface area contributed by atoms with E-state index >= 15 is 0 Å². The molecule has 0 heterocycles. The molecule has 0 aliphatic carbocycles. The number of hydrogen-bond acceptors (Lipinski definition) is 4. The lowest BCUT2D eigenvalue weighted by atomic mass is 10.8. The molecular weight excluding hydrogens is 130 g/mol. The molecule has 0 fully saturated rings. The molecule has 5 heteroatoms. The third-order valence-electron chi connectivity index (χ3n) is 0.507. The Balaban J connectivity index is 2.82. The second-order valence-corrected chi connectivity index (χ2v) is 1.71. The van der Waals surface area contributed by atoms with E-state index in [9.17, 15) is 8.76 Å². The van der Waals surface area contributed by atoms with Crippen molar-refractivity contribution in [3.8, 4) is 0 Å². The van der Waals surface area contributed by atoms with E-state index in [0.717, 1.165) is 0 Å². The van der Waals surface area contributed by atoms with E-state index in [4.69, 9.17) is 0 Å². The minimum atomic E-state index is -2.38. The Kier molecular flexibility index (Phi) is 5.19. The summed E-state index contributed by atoms with van der Waals surface area (Å²) in [4.78, 5) is 0. The summed E-state index contributed by atoms with van der Waals surface area (Å²) in [5, 5.41) is 2.66. The Bertz CT molecular complexity index is 76.9. The molecule has 1 unspecified atom stereocenters. The van der Waals surface area contributed by atoms with Gasteiger partial charge < -0.3 is 4.55 Å². The highest BCUT2D eigenvalue weighted by Gasteiger charge is 1.79. The summed E-state index contributed by atoms with van der Waals surface area (Å²) < 4.78 is 23.3. The maximum atomic E-state index is 9.61. The van der Waals surface area contributed by atoms with E-state index in [0.29, 0.717) is 6.54 Å². The van der Waals surface area contributed by atoms with Crippen molar-refractivity contribution in [2.75, 3.05) is 13.3 Å². The van der Waals surface area contributed by atoms with E-state index in [-0.39, 0.29) is 6.73 Å². The van der Waals surface area contributed by atoms with Crippen LogP contribution in [-0.4, -0.2) is 22.0 Å². The molecule has 8 heavy (non-hydrogen) atoms. The second-order valence-electron chi connectivity index (χ2n) is 1.07. The molecule has 1 N–H and O–H groups in total. The minimum Gasteiger partial charge on any atom is -0.750 e. The first-order valence-electron chi connectivity index (χ1n) is 2.20. The van der Waals surface area contributed by atoms with Gasteiger partial charge >= 0.3 is 0 Å². The molecule has 0 aromatic rings. The van der Waals surface area contributed by atoms with Gasteiger partial charge in [-0.1, -0.05) is 6.92 Å². The van der Waals surface area contributed by atoms with Gasteiger partial charge in [0.05, 0.1) is 11.4 Å². The topological polar surface area (TPSA) is 61.4 Å². The van der Waals surface area contributed by atoms with Gasteiger partial charge in [0.15, 0.2) is 0 Å². The standard InChI is InChI=1S/C3H9NO3S/c1-2-4-3-7-8(5)6/h4H,2-3H2,1H3,(H,5,6)/p-1. The second kappa shape index (κ2) is 5.17. The highest BCUT2D eigenvalue weighted by atomic mass is 32.2. The van der Waals surface area contributed by atoms with E-state index < -0.39 is 11.4 Å². The summed E-state index contributed by atoms with van der Waals surface area (Å²) in [6.07, 6.45) is 0. The van der Waals surface area contributed by atoms with Crippen LogP contribution in [0.5, 0.6) is 0 Å². The van der Waals surface area contributed by atoms with Crippen LogP contribution in [0, 0.1) is 0 Å². The van der Waals surface area contributed by atoms with Crippen LogP contribution in [0.3, 0.4) is 0 Å². The molecule has 0 radical (unpaired) electrons. The van der Waals surface area contributed by atoms with Crippen molar-refractivity contribution < 1.29 is 12.9 Å². The maximum Gasteiger partial charge on any atom is 0.113 e. The summed E-state index contributed by atoms with van der Waals surface area (Å²) in [7, 11) is 0. The van der Waals surface area contributed by atoms with Gasteiger partial charge in [-0.15, -0.1) is 0 Å². The molecule has 0 aliphatic rings. The fourth-order valence-electron chi connectivity index (χ4n) is 0.192. The van der Waals surface area contributed by atoms with Gasteiger partial charge in [-0.2, -0.15) is 0 Å². The third-order valence-corrected chi connectivity index (χ3v) is 0.818. The van der Waals surface area contributed by atoms with Gasteiger partial charge in [-0.05, 0) is 6.54 Å². The van der Waals surface area contributed by atoms with E-state index in [2.05, 4.69) is 9.50 Å². The molecule has 0 saturated heterocycles. The smallest absolute Gasteiger partial charge is 0.113 e. The molecule has 4 nitrogen and oxygen atoms in total. The summed E-state index contributed by atoms with van der Waals surface area (Å²) >= 11 is -2.38. The van der Waals surface area contributed by atoms with Crippen molar-refractivity contribution in [2.24, 2.45) is 0 Å². The fraction of sp³-hybridized carbons (Fsp3) is 1.00. The van der Waals surface area contributed by atoms with Crippen LogP contribution in [0.15, 0.2) is 0 Å². The minimum absolute atomic E-state index is 0.0621. The van der Waals surface area contributed by atoms with Crippen LogP contribution in [0.1, 0.15) is 6.92 Å². The monoisotopic (exact) mass is 138 g/mol. The summed E-state index contributed by atoms with van der Waals surface area (Å²) in [6.45, 7) is 2.63. The summed E-state index contributed by atoms with van der Waals surface area (Å²) in [5.41, 5.74) is 0. The van der Waals surface area contributed by atoms with Crippen LogP contribution in [0.4, 0.5) is 0 Å². The first kappa shape index (κ1) is 8.03. The van der Waals surface area contributed by atoms with Gasteiger partial charge in [0.1, 0.15) is 6.73 Å². The third kappa shape index (κ3) is 6.03. The van der Waals surface area contributed by atoms with Crippen molar-refractivity contribution in [2.45, 2.75) is 6.92 Å². The quantitative estimate of drug-likeness (QED) is 0.319. The molecule has 0 bridgehead atoms. The average Bonchev–Trinajstić information content (AvgIpc) is 1.66. The Labute approximate surface area is 50.7 Å². The first-order chi connectivity index (χ1) is 3.77. The number of hydrogen-bond donors (Lipinski definition) is 1. The van der Waals surface area contributed by atoms with Crippen LogP contribution in [0.2, 0.25) is 0 Å². The summed E-state index contributed by atoms with van der Waals surface area (Å²) in [5.74, 6) is 0. The van der Waals surface area contributed by atoms with Crippen LogP contribution in [0.25, 0.3) is 0 Å². The Morgan fingerprint density at radius 3 is 2.88 bits per heavy atom. The molecule has 0 aliphatic heterocycles. The van der Waals surface area contributed by atoms with Gasteiger partial charge in [-0.3, -0.25) is 9.50 Å². The van der Waals surface area contributed by atoms with Crippen LogP contribution in [-0.2, 0) is 15.5 Å². The number of rotatable bonds is 4. The average molecular weight is 138 g/mol. The van der Waals surface area contributed by atoms with Crippen molar-refractivity contribution in [3.63, 3.8) is 0 Å². The van der Waals surface area contributed by atoms with Gasteiger partial charge in [0.2, 0.25) is 0 Å². The van der Waals surface area contributed by atoms with Crippen molar-refractivity contribution in [1.82, 2.24) is 5.32 Å². The molecular formula is C3H8NO3S-. The van der Waals surface area contributed by atoms with Crippen molar-refractivity contribution in [3.05, 3.63) is 0 Å². The predicted molar refractivity (Wildman–Crippen MR) is 28.5 cm³/mol. The lowest BCUT2D eigenvalue weighted by Gasteiger charge is -2.04. The zero-order valence-electron chi connectivity index (χ0n) is 4.55. The lowest BCUT2D eigenvalue weighted by Crippen LogP contribution is -2.17. The fourth-order valence-corrected chi connectivity index (χ4v) is 0.371. The Morgan fingerprint density at radius 1 is 1.88 bits per heavy atom. The van der Waals surface area contributed by atoms with Gasteiger partial charge in [0, 0.05) is 0 Å². The van der Waals surface area contributed by atoms with E-state index in [1.807, 2.05) is 6.92 Å². The Hall–Kier alpha value is 0.0300. The largest absolute Gasteiger partial charge is 0.750 e. The molecule has 50 valence electrons. The normalized spacial score (nSPS) is 13.8. The molecule has 0 aromatic carbocycles. The Morgan fingerprint density at radius 2 is 2.50 bits per heavy atom. The summed E-state index contributed by atoms with van der Waals surface area (Å²) in [6, 6.07) is 0. The van der Waals surface area contributed by atoms with Gasteiger partial charge in [0.25, 0.3) is 0 Å². The molecule has 0 spiro atoms. The lowest BCUT2D eigenvalue weighted by molar-refractivity contribution is 0.276. The zero-order chi connectivity index (χ0) is 6.41. The van der Waals surface area contributed by atoms with Crippen LogP contribution >= 0.6 is 0 Å². The van der Waals surface area contributed by atoms with Crippen LogP contribution < -0.4 is 5.32 Å². The molecule has 0 saturated carbocycles.